The van der Waals surface area contributed by atoms with Gasteiger partial charge >= 0.3 is 11.9 Å². The van der Waals surface area contributed by atoms with E-state index in [1.807, 2.05) is 13.8 Å². The minimum atomic E-state index is -0.413. The summed E-state index contributed by atoms with van der Waals surface area (Å²) in [7, 11) is 0. The molecule has 118 valence electrons. The summed E-state index contributed by atoms with van der Waals surface area (Å²) in [6.45, 7) is 4.86. The van der Waals surface area contributed by atoms with Crippen LogP contribution in [0.25, 0.3) is 0 Å². The fourth-order valence-electron chi connectivity index (χ4n) is 1.99. The van der Waals surface area contributed by atoms with E-state index >= 15 is 0 Å². The molecule has 0 amide bonds. The second kappa shape index (κ2) is 10.2. The van der Waals surface area contributed by atoms with Crippen LogP contribution in [-0.4, -0.2) is 25.2 Å². The molecular weight excluding hydrogens is 268 g/mol. The summed E-state index contributed by atoms with van der Waals surface area (Å²) in [6, 6.07) is 0. The minimum Gasteiger partial charge on any atom is -0.462 e. The van der Waals surface area contributed by atoms with Gasteiger partial charge in [0.2, 0.25) is 0 Å². The molecule has 0 radical (unpaired) electrons. The van der Waals surface area contributed by atoms with Crippen molar-refractivity contribution < 1.29 is 19.1 Å². The number of hydrogen-bond acceptors (Lipinski definition) is 4. The first-order valence-electron chi connectivity index (χ1n) is 7.95. The monoisotopic (exact) mass is 294 g/mol. The van der Waals surface area contributed by atoms with E-state index in [1.165, 1.54) is 0 Å². The molecule has 1 rings (SSSR count). The molecule has 4 heteroatoms. The largest absolute Gasteiger partial charge is 0.462 e. The predicted octanol–water partition coefficient (Wildman–Crippen LogP) is 3.71. The number of hydrogen-bond donors (Lipinski definition) is 0. The molecule has 0 fully saturated rings. The van der Waals surface area contributed by atoms with Crippen LogP contribution in [-0.2, 0) is 19.1 Å². The Kier molecular flexibility index (Phi) is 8.48. The Labute approximate surface area is 127 Å². The summed E-state index contributed by atoms with van der Waals surface area (Å²) in [5.74, 6) is -0.826. The lowest BCUT2D eigenvalue weighted by Crippen LogP contribution is -2.17. The number of ether oxygens (including phenoxy) is 2. The van der Waals surface area contributed by atoms with Crippen LogP contribution in [0.4, 0.5) is 0 Å². The standard InChI is InChI=1S/C17H26O4/c1-3-5-12-20-16(18)14-10-8-7-9-11-15(14)17(19)21-13-6-4-2/h10-11H,3-9,12-13H2,1-2H3. The van der Waals surface area contributed by atoms with E-state index in [4.69, 9.17) is 9.47 Å². The van der Waals surface area contributed by atoms with Crippen molar-refractivity contribution in [2.45, 2.75) is 58.8 Å². The molecule has 0 atom stereocenters. The molecule has 0 heterocycles. The Bertz CT molecular complexity index is 369. The lowest BCUT2D eigenvalue weighted by molar-refractivity contribution is -0.142. The number of esters is 2. The van der Waals surface area contributed by atoms with Gasteiger partial charge in [0, 0.05) is 0 Å². The van der Waals surface area contributed by atoms with Crippen LogP contribution in [0.1, 0.15) is 58.8 Å². The molecule has 0 unspecified atom stereocenters. The maximum atomic E-state index is 12.1. The van der Waals surface area contributed by atoms with Gasteiger partial charge < -0.3 is 9.47 Å². The van der Waals surface area contributed by atoms with Crippen molar-refractivity contribution >= 4 is 11.9 Å². The molecular formula is C17H26O4. The topological polar surface area (TPSA) is 52.6 Å². The van der Waals surface area contributed by atoms with Gasteiger partial charge in [-0.3, -0.25) is 0 Å². The normalized spacial score (nSPS) is 14.8. The summed E-state index contributed by atoms with van der Waals surface area (Å²) < 4.78 is 10.5. The third-order valence-corrected chi connectivity index (χ3v) is 3.30. The molecule has 0 aromatic rings. The predicted molar refractivity (Wildman–Crippen MR) is 81.8 cm³/mol. The van der Waals surface area contributed by atoms with E-state index < -0.39 is 11.9 Å². The van der Waals surface area contributed by atoms with Gasteiger partial charge in [0.25, 0.3) is 0 Å². The van der Waals surface area contributed by atoms with Gasteiger partial charge in [-0.2, -0.15) is 0 Å². The molecule has 0 aromatic heterocycles. The minimum absolute atomic E-state index is 0.366. The number of carbonyl (C=O) groups excluding carboxylic acids is 2. The number of carbonyl (C=O) groups is 2. The van der Waals surface area contributed by atoms with Crippen LogP contribution >= 0.6 is 0 Å². The first-order chi connectivity index (χ1) is 10.2. The van der Waals surface area contributed by atoms with E-state index in [0.29, 0.717) is 24.4 Å². The summed E-state index contributed by atoms with van der Waals surface area (Å²) in [6.07, 6.45) is 9.68. The quantitative estimate of drug-likeness (QED) is 0.506. The number of rotatable bonds is 8. The van der Waals surface area contributed by atoms with Crippen LogP contribution in [0.3, 0.4) is 0 Å². The third-order valence-electron chi connectivity index (χ3n) is 3.30. The third kappa shape index (κ3) is 6.15. The maximum absolute atomic E-state index is 12.1. The molecule has 1 aliphatic rings. The van der Waals surface area contributed by atoms with Crippen molar-refractivity contribution in [2.24, 2.45) is 0 Å². The molecule has 0 aromatic carbocycles. The summed E-state index contributed by atoms with van der Waals surface area (Å²) in [4.78, 5) is 24.3. The van der Waals surface area contributed by atoms with Crippen LogP contribution in [0.15, 0.2) is 23.3 Å². The summed E-state index contributed by atoms with van der Waals surface area (Å²) in [5, 5.41) is 0. The van der Waals surface area contributed by atoms with E-state index in [9.17, 15) is 9.59 Å². The van der Waals surface area contributed by atoms with E-state index in [2.05, 4.69) is 0 Å². The van der Waals surface area contributed by atoms with Crippen molar-refractivity contribution in [1.82, 2.24) is 0 Å². The number of unbranched alkanes of at least 4 members (excludes halogenated alkanes) is 2. The molecule has 0 saturated heterocycles. The molecule has 1 aliphatic carbocycles. The average Bonchev–Trinajstić information content (AvgIpc) is 2.73. The smallest absolute Gasteiger partial charge is 0.338 e. The molecule has 0 aliphatic heterocycles. The van der Waals surface area contributed by atoms with Crippen molar-refractivity contribution in [3.8, 4) is 0 Å². The highest BCUT2D eigenvalue weighted by molar-refractivity contribution is 6.07. The van der Waals surface area contributed by atoms with Gasteiger partial charge in [-0.15, -0.1) is 0 Å². The Balaban J connectivity index is 2.70. The zero-order chi connectivity index (χ0) is 15.5. The number of allylic oxidation sites excluding steroid dienone is 2. The molecule has 0 spiro atoms. The SMILES string of the molecule is CCCCOC(=O)C1=CCCCC=C1C(=O)OCCCC. The van der Waals surface area contributed by atoms with Gasteiger partial charge in [0.05, 0.1) is 24.4 Å². The highest BCUT2D eigenvalue weighted by Crippen LogP contribution is 2.21. The highest BCUT2D eigenvalue weighted by Gasteiger charge is 2.24. The Hall–Kier alpha value is -1.58. The van der Waals surface area contributed by atoms with Crippen molar-refractivity contribution in [2.75, 3.05) is 13.2 Å². The molecule has 0 N–H and O–H groups in total. The van der Waals surface area contributed by atoms with Gasteiger partial charge in [-0.25, -0.2) is 9.59 Å². The van der Waals surface area contributed by atoms with E-state index in [0.717, 1.165) is 44.9 Å². The van der Waals surface area contributed by atoms with Crippen molar-refractivity contribution in [3.05, 3.63) is 23.3 Å². The zero-order valence-electron chi connectivity index (χ0n) is 13.2. The summed E-state index contributed by atoms with van der Waals surface area (Å²) >= 11 is 0. The molecule has 4 nitrogen and oxygen atoms in total. The van der Waals surface area contributed by atoms with Crippen molar-refractivity contribution in [1.29, 1.82) is 0 Å². The Morgan fingerprint density at radius 3 is 1.71 bits per heavy atom. The second-order valence-corrected chi connectivity index (χ2v) is 5.15. The van der Waals surface area contributed by atoms with Crippen LogP contribution in [0.2, 0.25) is 0 Å². The fraction of sp³-hybridized carbons (Fsp3) is 0.647. The van der Waals surface area contributed by atoms with Gasteiger partial charge in [0.15, 0.2) is 0 Å². The second-order valence-electron chi connectivity index (χ2n) is 5.15. The maximum Gasteiger partial charge on any atom is 0.338 e. The zero-order valence-corrected chi connectivity index (χ0v) is 13.2. The lowest BCUT2D eigenvalue weighted by atomic mass is 10.1. The first-order valence-corrected chi connectivity index (χ1v) is 7.95. The average molecular weight is 294 g/mol. The van der Waals surface area contributed by atoms with Gasteiger partial charge in [-0.05, 0) is 32.1 Å². The lowest BCUT2D eigenvalue weighted by Gasteiger charge is -2.11. The molecule has 0 bridgehead atoms. The van der Waals surface area contributed by atoms with Crippen LogP contribution in [0.5, 0.6) is 0 Å². The summed E-state index contributed by atoms with van der Waals surface area (Å²) in [5.41, 5.74) is 0.732. The van der Waals surface area contributed by atoms with Gasteiger partial charge in [-0.1, -0.05) is 38.8 Å². The highest BCUT2D eigenvalue weighted by atomic mass is 16.5. The van der Waals surface area contributed by atoms with E-state index in [1.54, 1.807) is 12.2 Å². The van der Waals surface area contributed by atoms with Gasteiger partial charge in [0.1, 0.15) is 0 Å². The molecule has 0 saturated carbocycles. The first kappa shape index (κ1) is 17.5. The Morgan fingerprint density at radius 2 is 1.33 bits per heavy atom. The van der Waals surface area contributed by atoms with Crippen LogP contribution < -0.4 is 0 Å². The van der Waals surface area contributed by atoms with E-state index in [-0.39, 0.29) is 0 Å². The van der Waals surface area contributed by atoms with Crippen molar-refractivity contribution in [3.63, 3.8) is 0 Å². The Morgan fingerprint density at radius 1 is 0.905 bits per heavy atom. The fourth-order valence-corrected chi connectivity index (χ4v) is 1.99. The molecule has 21 heavy (non-hydrogen) atoms. The van der Waals surface area contributed by atoms with Crippen LogP contribution in [0, 0.1) is 0 Å².